The standard InChI is InChI=1S/C23H29N3O3/c1-17-4-3-5-19(14-17)16-25-8-10-26(11-9-25)18(2)23(27)24-20-6-7-21-22(15-20)29-13-12-28-21/h3-7,14-15,18H,8-13,16H2,1-2H3,(H,24,27)/t18-/m1/s1. The van der Waals surface area contributed by atoms with Gasteiger partial charge in [0.2, 0.25) is 5.91 Å². The highest BCUT2D eigenvalue weighted by atomic mass is 16.6. The minimum atomic E-state index is -0.177. The number of piperazine rings is 1. The first-order valence-electron chi connectivity index (χ1n) is 10.3. The fourth-order valence-corrected chi connectivity index (χ4v) is 3.91. The van der Waals surface area contributed by atoms with Gasteiger partial charge in [0.25, 0.3) is 0 Å². The molecule has 4 rings (SSSR count). The monoisotopic (exact) mass is 395 g/mol. The minimum absolute atomic E-state index is 0.00816. The number of nitrogens with zero attached hydrogens (tertiary/aromatic N) is 2. The molecule has 0 spiro atoms. The van der Waals surface area contributed by atoms with Crippen molar-refractivity contribution in [2.75, 3.05) is 44.7 Å². The lowest BCUT2D eigenvalue weighted by Crippen LogP contribution is -2.52. The summed E-state index contributed by atoms with van der Waals surface area (Å²) in [5.74, 6) is 1.42. The van der Waals surface area contributed by atoms with Crippen molar-refractivity contribution in [2.24, 2.45) is 0 Å². The van der Waals surface area contributed by atoms with Crippen LogP contribution in [0, 0.1) is 6.92 Å². The van der Waals surface area contributed by atoms with Gasteiger partial charge in [-0.2, -0.15) is 0 Å². The predicted molar refractivity (Wildman–Crippen MR) is 114 cm³/mol. The fourth-order valence-electron chi connectivity index (χ4n) is 3.91. The molecule has 1 fully saturated rings. The summed E-state index contributed by atoms with van der Waals surface area (Å²) in [6.45, 7) is 9.88. The Morgan fingerprint density at radius 3 is 2.55 bits per heavy atom. The van der Waals surface area contributed by atoms with Crippen LogP contribution in [-0.4, -0.2) is 61.1 Å². The second kappa shape index (κ2) is 8.84. The molecule has 0 saturated carbocycles. The third kappa shape index (κ3) is 4.89. The second-order valence-electron chi connectivity index (χ2n) is 7.82. The van der Waals surface area contributed by atoms with Gasteiger partial charge in [-0.25, -0.2) is 0 Å². The lowest BCUT2D eigenvalue weighted by molar-refractivity contribution is -0.121. The highest BCUT2D eigenvalue weighted by molar-refractivity contribution is 5.94. The number of rotatable bonds is 5. The summed E-state index contributed by atoms with van der Waals surface area (Å²) in [6, 6.07) is 14.0. The number of benzene rings is 2. The highest BCUT2D eigenvalue weighted by Gasteiger charge is 2.26. The zero-order chi connectivity index (χ0) is 20.2. The molecule has 2 aromatic carbocycles. The molecule has 0 unspecified atom stereocenters. The van der Waals surface area contributed by atoms with E-state index in [1.54, 1.807) is 0 Å². The van der Waals surface area contributed by atoms with Gasteiger partial charge in [0, 0.05) is 44.5 Å². The average Bonchev–Trinajstić information content (AvgIpc) is 2.74. The molecule has 0 aliphatic carbocycles. The number of carbonyl (C=O) groups excluding carboxylic acids is 1. The van der Waals surface area contributed by atoms with Crippen LogP contribution in [0.2, 0.25) is 0 Å². The summed E-state index contributed by atoms with van der Waals surface area (Å²) >= 11 is 0. The maximum absolute atomic E-state index is 12.8. The van der Waals surface area contributed by atoms with E-state index in [-0.39, 0.29) is 11.9 Å². The van der Waals surface area contributed by atoms with E-state index in [0.717, 1.165) is 44.2 Å². The normalized spacial score (nSPS) is 18.3. The third-order valence-corrected chi connectivity index (χ3v) is 5.63. The number of carbonyl (C=O) groups is 1. The van der Waals surface area contributed by atoms with Crippen LogP contribution in [0.4, 0.5) is 5.69 Å². The van der Waals surface area contributed by atoms with Gasteiger partial charge in [-0.3, -0.25) is 14.6 Å². The third-order valence-electron chi connectivity index (χ3n) is 5.63. The van der Waals surface area contributed by atoms with E-state index < -0.39 is 0 Å². The molecule has 1 atom stereocenters. The lowest BCUT2D eigenvalue weighted by atomic mass is 10.1. The Balaban J connectivity index is 1.28. The Morgan fingerprint density at radius 2 is 1.79 bits per heavy atom. The first-order chi connectivity index (χ1) is 14.1. The lowest BCUT2D eigenvalue weighted by Gasteiger charge is -2.37. The van der Waals surface area contributed by atoms with E-state index in [2.05, 4.69) is 46.3 Å². The Kier molecular flexibility index (Phi) is 6.02. The summed E-state index contributed by atoms with van der Waals surface area (Å²) in [4.78, 5) is 17.5. The van der Waals surface area contributed by atoms with Crippen LogP contribution in [0.25, 0.3) is 0 Å². The van der Waals surface area contributed by atoms with E-state index in [1.807, 2.05) is 25.1 Å². The van der Waals surface area contributed by atoms with E-state index >= 15 is 0 Å². The Morgan fingerprint density at radius 1 is 1.03 bits per heavy atom. The Hall–Kier alpha value is -2.57. The van der Waals surface area contributed by atoms with E-state index in [4.69, 9.17) is 9.47 Å². The van der Waals surface area contributed by atoms with Crippen LogP contribution >= 0.6 is 0 Å². The van der Waals surface area contributed by atoms with E-state index in [9.17, 15) is 4.79 Å². The number of ether oxygens (including phenoxy) is 2. The summed E-state index contributed by atoms with van der Waals surface area (Å²) < 4.78 is 11.1. The summed E-state index contributed by atoms with van der Waals surface area (Å²) in [5, 5.41) is 3.02. The number of fused-ring (bicyclic) bond motifs is 1. The van der Waals surface area contributed by atoms with Gasteiger partial charge in [-0.15, -0.1) is 0 Å². The van der Waals surface area contributed by atoms with Crippen molar-refractivity contribution in [2.45, 2.75) is 26.4 Å². The van der Waals surface area contributed by atoms with Gasteiger partial charge in [-0.05, 0) is 31.5 Å². The molecule has 0 bridgehead atoms. The topological polar surface area (TPSA) is 54.0 Å². The molecule has 29 heavy (non-hydrogen) atoms. The molecule has 1 N–H and O–H groups in total. The SMILES string of the molecule is Cc1cccc(CN2CCN([C@H](C)C(=O)Nc3ccc4c(c3)OCCO4)CC2)c1. The number of amides is 1. The number of anilines is 1. The molecular formula is C23H29N3O3. The molecule has 2 aliphatic rings. The van der Waals surface area contributed by atoms with Crippen LogP contribution < -0.4 is 14.8 Å². The minimum Gasteiger partial charge on any atom is -0.486 e. The molecule has 1 saturated heterocycles. The van der Waals surface area contributed by atoms with Crippen molar-refractivity contribution in [3.8, 4) is 11.5 Å². The number of aryl methyl sites for hydroxylation is 1. The van der Waals surface area contributed by atoms with Gasteiger partial charge in [0.05, 0.1) is 6.04 Å². The van der Waals surface area contributed by atoms with Crippen molar-refractivity contribution in [1.82, 2.24) is 9.80 Å². The maximum atomic E-state index is 12.8. The molecule has 0 radical (unpaired) electrons. The smallest absolute Gasteiger partial charge is 0.241 e. The van der Waals surface area contributed by atoms with Crippen LogP contribution in [-0.2, 0) is 11.3 Å². The highest BCUT2D eigenvalue weighted by Crippen LogP contribution is 2.32. The Bertz CT molecular complexity index is 862. The molecule has 0 aromatic heterocycles. The predicted octanol–water partition coefficient (Wildman–Crippen LogP) is 2.91. The number of hydrogen-bond acceptors (Lipinski definition) is 5. The van der Waals surface area contributed by atoms with E-state index in [0.29, 0.717) is 19.0 Å². The molecule has 2 aliphatic heterocycles. The molecule has 6 heteroatoms. The van der Waals surface area contributed by atoms with Crippen molar-refractivity contribution < 1.29 is 14.3 Å². The quantitative estimate of drug-likeness (QED) is 0.844. The van der Waals surface area contributed by atoms with Crippen LogP contribution in [0.3, 0.4) is 0 Å². The van der Waals surface area contributed by atoms with E-state index in [1.165, 1.54) is 11.1 Å². The zero-order valence-corrected chi connectivity index (χ0v) is 17.2. The zero-order valence-electron chi connectivity index (χ0n) is 17.2. The Labute approximate surface area is 172 Å². The molecule has 154 valence electrons. The largest absolute Gasteiger partial charge is 0.486 e. The van der Waals surface area contributed by atoms with Gasteiger partial charge < -0.3 is 14.8 Å². The number of hydrogen-bond donors (Lipinski definition) is 1. The second-order valence-corrected chi connectivity index (χ2v) is 7.82. The summed E-state index contributed by atoms with van der Waals surface area (Å²) in [7, 11) is 0. The molecule has 1 amide bonds. The average molecular weight is 396 g/mol. The van der Waals surface area contributed by atoms with Crippen molar-refractivity contribution in [1.29, 1.82) is 0 Å². The van der Waals surface area contributed by atoms with Gasteiger partial charge in [0.1, 0.15) is 13.2 Å². The van der Waals surface area contributed by atoms with Crippen molar-refractivity contribution in [3.63, 3.8) is 0 Å². The molecular weight excluding hydrogens is 366 g/mol. The number of nitrogens with one attached hydrogen (secondary N) is 1. The van der Waals surface area contributed by atoms with Crippen LogP contribution in [0.1, 0.15) is 18.1 Å². The van der Waals surface area contributed by atoms with Crippen LogP contribution in [0.15, 0.2) is 42.5 Å². The molecule has 2 aromatic rings. The molecule has 6 nitrogen and oxygen atoms in total. The van der Waals surface area contributed by atoms with Gasteiger partial charge >= 0.3 is 0 Å². The fraction of sp³-hybridized carbons (Fsp3) is 0.435. The first-order valence-corrected chi connectivity index (χ1v) is 10.3. The molecule has 2 heterocycles. The van der Waals surface area contributed by atoms with Crippen molar-refractivity contribution >= 4 is 11.6 Å². The van der Waals surface area contributed by atoms with Gasteiger partial charge in [0.15, 0.2) is 11.5 Å². The summed E-state index contributed by atoms with van der Waals surface area (Å²) in [6.07, 6.45) is 0. The first kappa shape index (κ1) is 19.7. The maximum Gasteiger partial charge on any atom is 0.241 e. The summed E-state index contributed by atoms with van der Waals surface area (Å²) in [5.41, 5.74) is 3.39. The van der Waals surface area contributed by atoms with Gasteiger partial charge in [-0.1, -0.05) is 29.8 Å². The van der Waals surface area contributed by atoms with Crippen LogP contribution in [0.5, 0.6) is 11.5 Å². The van der Waals surface area contributed by atoms with Crippen molar-refractivity contribution in [3.05, 3.63) is 53.6 Å².